The van der Waals surface area contributed by atoms with E-state index in [1.54, 1.807) is 66.8 Å². The maximum atomic E-state index is 15.0. The van der Waals surface area contributed by atoms with Crippen LogP contribution in [0.15, 0.2) is 54.9 Å². The summed E-state index contributed by atoms with van der Waals surface area (Å²) in [6, 6.07) is 12.5. The largest absolute Gasteiger partial charge is 0.444 e. The first kappa shape index (κ1) is 24.9. The smallest absolute Gasteiger partial charge is 0.417 e. The molecule has 0 aliphatic carbocycles. The van der Waals surface area contributed by atoms with Gasteiger partial charge in [-0.25, -0.2) is 28.6 Å². The van der Waals surface area contributed by atoms with E-state index in [1.165, 1.54) is 18.5 Å². The molecule has 2 amide bonds. The first-order valence-corrected chi connectivity index (χ1v) is 11.9. The zero-order chi connectivity index (χ0) is 27.0. The Bertz CT molecular complexity index is 1510. The number of nitrogens with one attached hydrogen (secondary N) is 1. The number of nitrogens with two attached hydrogens (primary N) is 1. The van der Waals surface area contributed by atoms with E-state index < -0.39 is 23.6 Å². The molecule has 1 aliphatic rings. The summed E-state index contributed by atoms with van der Waals surface area (Å²) in [7, 11) is 0. The van der Waals surface area contributed by atoms with Crippen LogP contribution >= 0.6 is 0 Å². The molecule has 2 aromatic carbocycles. The molecule has 3 heterocycles. The molecule has 4 aromatic rings. The van der Waals surface area contributed by atoms with Gasteiger partial charge >= 0.3 is 12.2 Å². The Morgan fingerprint density at radius 2 is 1.84 bits per heavy atom. The van der Waals surface area contributed by atoms with Crippen molar-refractivity contribution in [2.45, 2.75) is 32.4 Å². The van der Waals surface area contributed by atoms with Crippen LogP contribution in [0.5, 0.6) is 5.75 Å². The number of anilines is 2. The molecule has 196 valence electrons. The Morgan fingerprint density at radius 3 is 2.53 bits per heavy atom. The zero-order valence-electron chi connectivity index (χ0n) is 21.0. The number of nitrogen functional groups attached to an aromatic ring is 1. The number of aromatic nitrogens is 4. The molecule has 1 saturated heterocycles. The predicted molar refractivity (Wildman–Crippen MR) is 138 cm³/mol. The summed E-state index contributed by atoms with van der Waals surface area (Å²) >= 11 is 0. The molecule has 0 radical (unpaired) electrons. The highest BCUT2D eigenvalue weighted by Crippen LogP contribution is 2.35. The van der Waals surface area contributed by atoms with Gasteiger partial charge in [0, 0.05) is 18.7 Å². The molecule has 0 atom stereocenters. The molecule has 3 N–H and O–H groups in total. The minimum Gasteiger partial charge on any atom is -0.444 e. The molecule has 12 heteroatoms. The number of para-hydroxylation sites is 1. The Kier molecular flexibility index (Phi) is 6.31. The monoisotopic (exact) mass is 519 g/mol. The highest BCUT2D eigenvalue weighted by Gasteiger charge is 2.37. The molecule has 1 fully saturated rings. The number of carbonyl (C=O) groups is 2. The molecule has 5 rings (SSSR count). The van der Waals surface area contributed by atoms with Crippen molar-refractivity contribution < 1.29 is 23.5 Å². The third-order valence-corrected chi connectivity index (χ3v) is 5.81. The number of nitrogens with zero attached hydrogens (tertiary/aromatic N) is 5. The fourth-order valence-electron chi connectivity index (χ4n) is 4.03. The number of carbonyl (C=O) groups excluding carboxylic acids is 2. The Labute approximate surface area is 217 Å². The number of hydrogen-bond acceptors (Lipinski definition) is 8. The van der Waals surface area contributed by atoms with Gasteiger partial charge in [-0.05, 0) is 45.0 Å². The van der Waals surface area contributed by atoms with Crippen LogP contribution in [0, 0.1) is 5.82 Å². The van der Waals surface area contributed by atoms with Crippen molar-refractivity contribution in [1.29, 1.82) is 0 Å². The molecule has 0 bridgehead atoms. The average Bonchev–Trinajstić information content (AvgIpc) is 3.19. The summed E-state index contributed by atoms with van der Waals surface area (Å²) in [5, 5.41) is 7.54. The lowest BCUT2D eigenvalue weighted by molar-refractivity contribution is 0.000110. The van der Waals surface area contributed by atoms with Crippen molar-refractivity contribution in [2.75, 3.05) is 24.1 Å². The van der Waals surface area contributed by atoms with Crippen molar-refractivity contribution in [2.24, 2.45) is 0 Å². The summed E-state index contributed by atoms with van der Waals surface area (Å²) in [6.07, 6.45) is 0.0980. The minimum absolute atomic E-state index is 0.0605. The molecular formula is C26H26FN7O4. The maximum absolute atomic E-state index is 15.0. The zero-order valence-corrected chi connectivity index (χ0v) is 21.0. The van der Waals surface area contributed by atoms with Gasteiger partial charge in [-0.15, -0.1) is 0 Å². The number of likely N-dealkylation sites (tertiary alicyclic amines) is 1. The second-order valence-electron chi connectivity index (χ2n) is 9.81. The number of hydrogen-bond donors (Lipinski definition) is 2. The van der Waals surface area contributed by atoms with Crippen LogP contribution < -0.4 is 15.8 Å². The topological polar surface area (TPSA) is 137 Å². The number of halogens is 1. The fraction of sp³-hybridized carbons (Fsp3) is 0.269. The Balaban J connectivity index is 1.38. The summed E-state index contributed by atoms with van der Waals surface area (Å²) in [5.41, 5.74) is 6.77. The van der Waals surface area contributed by atoms with Crippen molar-refractivity contribution in [3.8, 4) is 17.0 Å². The first-order chi connectivity index (χ1) is 18.1. The standard InChI is InChI=1S/C26H26FN7O4/c1-26(2,3)38-25(36)33-12-16(13-33)34-23-20(22(28)29-14-30-23)21(32-34)15-9-10-19(18(27)11-15)31-24(35)37-17-7-5-4-6-8-17/h4-11,14,16H,12-13H2,1-3H3,(H,31,35)(H2,28,29,30). The fourth-order valence-corrected chi connectivity index (χ4v) is 4.03. The summed E-state index contributed by atoms with van der Waals surface area (Å²) in [6.45, 7) is 6.16. The molecule has 0 spiro atoms. The van der Waals surface area contributed by atoms with E-state index >= 15 is 4.39 Å². The number of rotatable bonds is 4. The quantitative estimate of drug-likeness (QED) is 0.399. The molecule has 1 aliphatic heterocycles. The van der Waals surface area contributed by atoms with Gasteiger partial charge in [0.1, 0.15) is 35.0 Å². The molecule has 0 saturated carbocycles. The van der Waals surface area contributed by atoms with Gasteiger partial charge in [-0.3, -0.25) is 5.32 Å². The van der Waals surface area contributed by atoms with E-state index in [1.807, 2.05) is 0 Å². The van der Waals surface area contributed by atoms with E-state index in [-0.39, 0.29) is 17.5 Å². The second kappa shape index (κ2) is 9.61. The van der Waals surface area contributed by atoms with E-state index in [4.69, 9.17) is 15.2 Å². The van der Waals surface area contributed by atoms with Crippen molar-refractivity contribution in [1.82, 2.24) is 24.6 Å². The average molecular weight is 520 g/mol. The van der Waals surface area contributed by atoms with Crippen LogP contribution in [0.3, 0.4) is 0 Å². The predicted octanol–water partition coefficient (Wildman–Crippen LogP) is 4.62. The Morgan fingerprint density at radius 1 is 1.11 bits per heavy atom. The van der Waals surface area contributed by atoms with Crippen molar-refractivity contribution in [3.05, 3.63) is 60.7 Å². The third kappa shape index (κ3) is 5.05. The molecule has 11 nitrogen and oxygen atoms in total. The molecule has 38 heavy (non-hydrogen) atoms. The lowest BCUT2D eigenvalue weighted by Gasteiger charge is -2.39. The highest BCUT2D eigenvalue weighted by atomic mass is 19.1. The number of benzene rings is 2. The molecule has 0 unspecified atom stereocenters. The van der Waals surface area contributed by atoms with Gasteiger partial charge in [0.05, 0.1) is 17.1 Å². The minimum atomic E-state index is -0.824. The molecular weight excluding hydrogens is 493 g/mol. The van der Waals surface area contributed by atoms with Gasteiger partial charge < -0.3 is 20.1 Å². The van der Waals surface area contributed by atoms with Crippen LogP contribution in [-0.2, 0) is 4.74 Å². The van der Waals surface area contributed by atoms with Gasteiger partial charge in [0.2, 0.25) is 0 Å². The van der Waals surface area contributed by atoms with Crippen molar-refractivity contribution in [3.63, 3.8) is 0 Å². The van der Waals surface area contributed by atoms with Gasteiger partial charge in [-0.1, -0.05) is 24.3 Å². The van der Waals surface area contributed by atoms with Crippen LogP contribution in [-0.4, -0.2) is 55.5 Å². The highest BCUT2D eigenvalue weighted by molar-refractivity contribution is 5.98. The Hall–Kier alpha value is -4.74. The number of ether oxygens (including phenoxy) is 2. The lowest BCUT2D eigenvalue weighted by Crippen LogP contribution is -2.52. The maximum Gasteiger partial charge on any atom is 0.417 e. The van der Waals surface area contributed by atoms with Crippen LogP contribution in [0.4, 0.5) is 25.5 Å². The summed E-state index contributed by atoms with van der Waals surface area (Å²) < 4.78 is 27.3. The van der Waals surface area contributed by atoms with Crippen LogP contribution in [0.1, 0.15) is 26.8 Å². The van der Waals surface area contributed by atoms with E-state index in [0.717, 1.165) is 0 Å². The molecule has 2 aromatic heterocycles. The van der Waals surface area contributed by atoms with Gasteiger partial charge in [-0.2, -0.15) is 5.10 Å². The number of fused-ring (bicyclic) bond motifs is 1. The van der Waals surface area contributed by atoms with Crippen LogP contribution in [0.25, 0.3) is 22.3 Å². The van der Waals surface area contributed by atoms with E-state index in [0.29, 0.717) is 41.1 Å². The van der Waals surface area contributed by atoms with E-state index in [2.05, 4.69) is 20.4 Å². The summed E-state index contributed by atoms with van der Waals surface area (Å²) in [4.78, 5) is 34.5. The SMILES string of the molecule is CC(C)(C)OC(=O)N1CC(n2nc(-c3ccc(NC(=O)Oc4ccccc4)c(F)c3)c3c(N)ncnc32)C1. The number of amides is 2. The third-order valence-electron chi connectivity index (χ3n) is 5.81. The summed E-state index contributed by atoms with van der Waals surface area (Å²) in [5.74, 6) is -0.172. The van der Waals surface area contributed by atoms with Crippen LogP contribution in [0.2, 0.25) is 0 Å². The van der Waals surface area contributed by atoms with Gasteiger partial charge in [0.25, 0.3) is 0 Å². The van der Waals surface area contributed by atoms with Gasteiger partial charge in [0.15, 0.2) is 5.65 Å². The lowest BCUT2D eigenvalue weighted by atomic mass is 10.1. The van der Waals surface area contributed by atoms with Crippen molar-refractivity contribution >= 4 is 34.7 Å². The first-order valence-electron chi connectivity index (χ1n) is 11.9. The normalized spacial score (nSPS) is 13.7. The van der Waals surface area contributed by atoms with E-state index in [9.17, 15) is 9.59 Å². The second-order valence-corrected chi connectivity index (χ2v) is 9.81.